The summed E-state index contributed by atoms with van der Waals surface area (Å²) in [4.78, 5) is 2.67. The second-order valence-corrected chi connectivity index (χ2v) is 5.98. The minimum absolute atomic E-state index is 0.765. The molecule has 0 amide bonds. The molecule has 2 heteroatoms. The van der Waals surface area contributed by atoms with Gasteiger partial charge in [0.1, 0.15) is 0 Å². The van der Waals surface area contributed by atoms with Crippen LogP contribution in [0.5, 0.6) is 0 Å². The van der Waals surface area contributed by atoms with E-state index in [1.807, 2.05) is 0 Å². The molecular formula is C14H30N2. The van der Waals surface area contributed by atoms with E-state index in [0.717, 1.165) is 17.9 Å². The molecule has 0 aliphatic carbocycles. The molecule has 0 bridgehead atoms. The molecule has 1 aliphatic rings. The van der Waals surface area contributed by atoms with E-state index in [9.17, 15) is 0 Å². The minimum atomic E-state index is 0.765. The van der Waals surface area contributed by atoms with E-state index >= 15 is 0 Å². The molecule has 1 saturated heterocycles. The summed E-state index contributed by atoms with van der Waals surface area (Å²) in [7, 11) is 0. The number of hydrogen-bond donors (Lipinski definition) is 1. The molecule has 0 aromatic carbocycles. The van der Waals surface area contributed by atoms with Crippen LogP contribution >= 0.6 is 0 Å². The van der Waals surface area contributed by atoms with Gasteiger partial charge in [0.25, 0.3) is 0 Å². The van der Waals surface area contributed by atoms with Gasteiger partial charge in [0.2, 0.25) is 0 Å². The van der Waals surface area contributed by atoms with Gasteiger partial charge in [-0.15, -0.1) is 0 Å². The lowest BCUT2D eigenvalue weighted by molar-refractivity contribution is 0.189. The fourth-order valence-corrected chi connectivity index (χ4v) is 2.53. The highest BCUT2D eigenvalue weighted by Crippen LogP contribution is 2.14. The Kier molecular flexibility index (Phi) is 6.37. The van der Waals surface area contributed by atoms with Crippen LogP contribution in [0.2, 0.25) is 0 Å². The average molecular weight is 226 g/mol. The summed E-state index contributed by atoms with van der Waals surface area (Å²) in [6.07, 6.45) is 4.13. The van der Waals surface area contributed by atoms with E-state index in [2.05, 4.69) is 37.9 Å². The molecule has 0 aromatic rings. The van der Waals surface area contributed by atoms with Crippen molar-refractivity contribution in [2.24, 2.45) is 11.8 Å². The van der Waals surface area contributed by atoms with Crippen LogP contribution in [0.15, 0.2) is 0 Å². The summed E-state index contributed by atoms with van der Waals surface area (Å²) in [5, 5.41) is 3.51. The Morgan fingerprint density at radius 3 is 2.69 bits per heavy atom. The normalized spacial score (nSPS) is 25.7. The zero-order valence-electron chi connectivity index (χ0n) is 11.6. The smallest absolute Gasteiger partial charge is 0.0110 e. The van der Waals surface area contributed by atoms with Crippen molar-refractivity contribution in [2.75, 3.05) is 26.2 Å². The van der Waals surface area contributed by atoms with Gasteiger partial charge in [-0.2, -0.15) is 0 Å². The first kappa shape index (κ1) is 14.0. The zero-order chi connectivity index (χ0) is 12.0. The van der Waals surface area contributed by atoms with E-state index in [1.165, 1.54) is 45.4 Å². The topological polar surface area (TPSA) is 15.3 Å². The maximum absolute atomic E-state index is 3.51. The molecule has 16 heavy (non-hydrogen) atoms. The molecule has 1 fully saturated rings. The molecule has 2 nitrogen and oxygen atoms in total. The van der Waals surface area contributed by atoms with Gasteiger partial charge in [0.05, 0.1) is 0 Å². The Balaban J connectivity index is 2.25. The standard InChI is InChI=1S/C14H30N2/c1-12(2)6-5-7-14(4)16-9-8-15-10-13(3)11-16/h12-15H,5-11H2,1-4H3. The fourth-order valence-electron chi connectivity index (χ4n) is 2.53. The predicted molar refractivity (Wildman–Crippen MR) is 71.8 cm³/mol. The van der Waals surface area contributed by atoms with Crippen molar-refractivity contribution < 1.29 is 0 Å². The molecule has 96 valence electrons. The van der Waals surface area contributed by atoms with E-state index in [0.29, 0.717) is 0 Å². The van der Waals surface area contributed by atoms with E-state index in [4.69, 9.17) is 0 Å². The van der Waals surface area contributed by atoms with Gasteiger partial charge in [-0.25, -0.2) is 0 Å². The summed E-state index contributed by atoms with van der Waals surface area (Å²) >= 11 is 0. The van der Waals surface area contributed by atoms with Crippen LogP contribution in [-0.4, -0.2) is 37.1 Å². The molecular weight excluding hydrogens is 196 g/mol. The van der Waals surface area contributed by atoms with Gasteiger partial charge < -0.3 is 5.32 Å². The monoisotopic (exact) mass is 226 g/mol. The molecule has 1 rings (SSSR count). The Morgan fingerprint density at radius 2 is 2.00 bits per heavy atom. The second-order valence-electron chi connectivity index (χ2n) is 5.98. The quantitative estimate of drug-likeness (QED) is 0.775. The van der Waals surface area contributed by atoms with Crippen molar-refractivity contribution in [2.45, 2.75) is 53.0 Å². The third-order valence-electron chi connectivity index (χ3n) is 3.64. The van der Waals surface area contributed by atoms with Crippen molar-refractivity contribution in [1.29, 1.82) is 0 Å². The SMILES string of the molecule is CC(C)CCCC(C)N1CCNCC(C)C1. The molecule has 1 N–H and O–H groups in total. The first-order chi connectivity index (χ1) is 7.59. The fraction of sp³-hybridized carbons (Fsp3) is 1.00. The van der Waals surface area contributed by atoms with Crippen molar-refractivity contribution in [3.05, 3.63) is 0 Å². The number of nitrogens with one attached hydrogen (secondary N) is 1. The van der Waals surface area contributed by atoms with E-state index in [1.54, 1.807) is 0 Å². The molecule has 1 aliphatic heterocycles. The lowest BCUT2D eigenvalue weighted by Gasteiger charge is -2.29. The van der Waals surface area contributed by atoms with Crippen LogP contribution in [0.3, 0.4) is 0 Å². The molecule has 2 unspecified atom stereocenters. The lowest BCUT2D eigenvalue weighted by atomic mass is 10.0. The molecule has 0 aromatic heterocycles. The average Bonchev–Trinajstić information content (AvgIpc) is 2.42. The first-order valence-electron chi connectivity index (χ1n) is 7.04. The van der Waals surface area contributed by atoms with Crippen LogP contribution in [-0.2, 0) is 0 Å². The highest BCUT2D eigenvalue weighted by molar-refractivity contribution is 4.75. The molecule has 0 radical (unpaired) electrons. The Hall–Kier alpha value is -0.0800. The lowest BCUT2D eigenvalue weighted by Crippen LogP contribution is -2.37. The van der Waals surface area contributed by atoms with Crippen molar-refractivity contribution in [3.63, 3.8) is 0 Å². The Labute approximate surface area is 102 Å². The van der Waals surface area contributed by atoms with Crippen molar-refractivity contribution >= 4 is 0 Å². The van der Waals surface area contributed by atoms with Crippen LogP contribution in [0.4, 0.5) is 0 Å². The maximum atomic E-state index is 3.51. The van der Waals surface area contributed by atoms with Gasteiger partial charge in [-0.1, -0.05) is 33.6 Å². The molecule has 2 atom stereocenters. The summed E-state index contributed by atoms with van der Waals surface area (Å²) in [5.74, 6) is 1.66. The van der Waals surface area contributed by atoms with Crippen LogP contribution in [0.25, 0.3) is 0 Å². The Morgan fingerprint density at radius 1 is 1.25 bits per heavy atom. The number of hydrogen-bond acceptors (Lipinski definition) is 2. The maximum Gasteiger partial charge on any atom is 0.0110 e. The summed E-state index contributed by atoms with van der Waals surface area (Å²) in [5.41, 5.74) is 0. The first-order valence-corrected chi connectivity index (χ1v) is 7.04. The molecule has 1 heterocycles. The molecule has 0 saturated carbocycles. The summed E-state index contributed by atoms with van der Waals surface area (Å²) < 4.78 is 0. The third kappa shape index (κ3) is 5.31. The summed E-state index contributed by atoms with van der Waals surface area (Å²) in [6, 6.07) is 0.765. The van der Waals surface area contributed by atoms with E-state index < -0.39 is 0 Å². The highest BCUT2D eigenvalue weighted by atomic mass is 15.2. The third-order valence-corrected chi connectivity index (χ3v) is 3.64. The second kappa shape index (κ2) is 7.29. The Bertz CT molecular complexity index is 180. The minimum Gasteiger partial charge on any atom is -0.315 e. The number of rotatable bonds is 5. The van der Waals surface area contributed by atoms with Gasteiger partial charge in [-0.3, -0.25) is 4.90 Å². The van der Waals surface area contributed by atoms with E-state index in [-0.39, 0.29) is 0 Å². The van der Waals surface area contributed by atoms with Gasteiger partial charge >= 0.3 is 0 Å². The zero-order valence-corrected chi connectivity index (χ0v) is 11.6. The summed E-state index contributed by atoms with van der Waals surface area (Å²) in [6.45, 7) is 14.3. The highest BCUT2D eigenvalue weighted by Gasteiger charge is 2.18. The van der Waals surface area contributed by atoms with Crippen LogP contribution in [0.1, 0.15) is 47.0 Å². The van der Waals surface area contributed by atoms with Crippen molar-refractivity contribution in [1.82, 2.24) is 10.2 Å². The van der Waals surface area contributed by atoms with Crippen LogP contribution in [0, 0.1) is 11.8 Å². The van der Waals surface area contributed by atoms with Gasteiger partial charge in [0.15, 0.2) is 0 Å². The largest absolute Gasteiger partial charge is 0.315 e. The number of nitrogens with zero attached hydrogens (tertiary/aromatic N) is 1. The van der Waals surface area contributed by atoms with Gasteiger partial charge in [0, 0.05) is 25.7 Å². The van der Waals surface area contributed by atoms with Crippen LogP contribution < -0.4 is 5.32 Å². The van der Waals surface area contributed by atoms with Crippen molar-refractivity contribution in [3.8, 4) is 0 Å². The predicted octanol–water partition coefficient (Wildman–Crippen LogP) is 2.74. The molecule has 0 spiro atoms. The van der Waals surface area contributed by atoms with Gasteiger partial charge in [-0.05, 0) is 31.7 Å².